The van der Waals surface area contributed by atoms with Gasteiger partial charge in [-0.3, -0.25) is 9.59 Å². The molecule has 2 N–H and O–H groups in total. The summed E-state index contributed by atoms with van der Waals surface area (Å²) < 4.78 is 0. The molecule has 8 heteroatoms. The molecule has 0 bridgehead atoms. The molecule has 4 nitrogen and oxygen atoms in total. The van der Waals surface area contributed by atoms with Gasteiger partial charge in [-0.1, -0.05) is 35.3 Å². The molecule has 3 rings (SSSR count). The van der Waals surface area contributed by atoms with Crippen molar-refractivity contribution in [2.24, 2.45) is 0 Å². The first-order valence-electron chi connectivity index (χ1n) is 8.30. The van der Waals surface area contributed by atoms with Crippen LogP contribution in [0.2, 0.25) is 10.0 Å². The van der Waals surface area contributed by atoms with E-state index in [2.05, 4.69) is 10.6 Å². The summed E-state index contributed by atoms with van der Waals surface area (Å²) in [6.45, 7) is 1.80. The molecule has 1 aromatic heterocycles. The Kier molecular flexibility index (Phi) is 7.02. The van der Waals surface area contributed by atoms with E-state index in [1.165, 1.54) is 23.1 Å². The average molecular weight is 451 g/mol. The summed E-state index contributed by atoms with van der Waals surface area (Å²) in [6, 6.07) is 15.9. The fourth-order valence-corrected chi connectivity index (χ4v) is 4.22. The lowest BCUT2D eigenvalue weighted by Crippen LogP contribution is -2.22. The van der Waals surface area contributed by atoms with Crippen molar-refractivity contribution < 1.29 is 9.59 Å². The zero-order valence-electron chi connectivity index (χ0n) is 14.7. The number of nitrogens with one attached hydrogen (secondary N) is 2. The number of rotatable bonds is 6. The molecule has 3 aromatic rings. The first kappa shape index (κ1) is 20.7. The maximum atomic E-state index is 12.5. The fraction of sp³-hybridized carbons (Fsp3) is 0.100. The van der Waals surface area contributed by atoms with E-state index in [1.807, 2.05) is 35.7 Å². The summed E-state index contributed by atoms with van der Waals surface area (Å²) in [7, 11) is 0. The van der Waals surface area contributed by atoms with Crippen molar-refractivity contribution in [3.63, 3.8) is 0 Å². The quantitative estimate of drug-likeness (QED) is 0.425. The van der Waals surface area contributed by atoms with Crippen LogP contribution in [0.5, 0.6) is 0 Å². The number of hydrogen-bond acceptors (Lipinski definition) is 4. The number of thiophene rings is 1. The highest BCUT2D eigenvalue weighted by molar-refractivity contribution is 8.00. The summed E-state index contributed by atoms with van der Waals surface area (Å²) in [5.41, 5.74) is 1.15. The third kappa shape index (κ3) is 5.52. The lowest BCUT2D eigenvalue weighted by atomic mass is 10.3. The molecule has 0 aliphatic rings. The van der Waals surface area contributed by atoms with Crippen LogP contribution in [0, 0.1) is 0 Å². The average Bonchev–Trinajstić information content (AvgIpc) is 3.20. The number of carbonyl (C=O) groups excluding carboxylic acids is 2. The third-order valence-electron chi connectivity index (χ3n) is 3.71. The molecule has 144 valence electrons. The molecule has 2 aromatic carbocycles. The van der Waals surface area contributed by atoms with Gasteiger partial charge < -0.3 is 10.6 Å². The highest BCUT2D eigenvalue weighted by Gasteiger charge is 2.16. The molecule has 1 heterocycles. The van der Waals surface area contributed by atoms with E-state index in [1.54, 1.807) is 31.2 Å². The third-order valence-corrected chi connectivity index (χ3v) is 6.23. The minimum absolute atomic E-state index is 0.154. The second kappa shape index (κ2) is 9.47. The summed E-state index contributed by atoms with van der Waals surface area (Å²) in [4.78, 5) is 26.2. The molecule has 0 radical (unpaired) electrons. The first-order chi connectivity index (χ1) is 13.4. The van der Waals surface area contributed by atoms with E-state index >= 15 is 0 Å². The second-order valence-corrected chi connectivity index (χ2v) is 9.04. The predicted molar refractivity (Wildman–Crippen MR) is 119 cm³/mol. The Labute approximate surface area is 181 Å². The van der Waals surface area contributed by atoms with Crippen molar-refractivity contribution in [2.45, 2.75) is 17.1 Å². The normalized spacial score (nSPS) is 11.7. The van der Waals surface area contributed by atoms with Crippen LogP contribution >= 0.6 is 46.3 Å². The number of thioether (sulfide) groups is 1. The zero-order chi connectivity index (χ0) is 20.1. The SMILES string of the molecule is CC(Sc1cccc(NC(=O)c2cccs2)c1)C(=O)Nc1cc(Cl)ccc1Cl. The Morgan fingerprint density at radius 2 is 1.86 bits per heavy atom. The molecule has 1 unspecified atom stereocenters. The van der Waals surface area contributed by atoms with Crippen LogP contribution in [-0.2, 0) is 4.79 Å². The van der Waals surface area contributed by atoms with Crippen LogP contribution in [0.1, 0.15) is 16.6 Å². The maximum Gasteiger partial charge on any atom is 0.265 e. The van der Waals surface area contributed by atoms with E-state index in [4.69, 9.17) is 23.2 Å². The highest BCUT2D eigenvalue weighted by Crippen LogP contribution is 2.29. The molecule has 28 heavy (non-hydrogen) atoms. The minimum Gasteiger partial charge on any atom is -0.324 e. The zero-order valence-corrected chi connectivity index (χ0v) is 17.9. The number of amides is 2. The Hall–Kier alpha value is -1.99. The van der Waals surface area contributed by atoms with Crippen molar-refractivity contribution in [1.29, 1.82) is 0 Å². The van der Waals surface area contributed by atoms with Crippen LogP contribution in [0.3, 0.4) is 0 Å². The van der Waals surface area contributed by atoms with Gasteiger partial charge in [0, 0.05) is 15.6 Å². The van der Waals surface area contributed by atoms with Crippen molar-refractivity contribution in [3.8, 4) is 0 Å². The van der Waals surface area contributed by atoms with E-state index in [0.29, 0.717) is 26.3 Å². The van der Waals surface area contributed by atoms with Crippen LogP contribution in [0.4, 0.5) is 11.4 Å². The molecule has 0 saturated carbocycles. The van der Waals surface area contributed by atoms with Gasteiger partial charge in [0.15, 0.2) is 0 Å². The van der Waals surface area contributed by atoms with Gasteiger partial charge in [0.2, 0.25) is 5.91 Å². The van der Waals surface area contributed by atoms with Gasteiger partial charge in [0.1, 0.15) is 0 Å². The van der Waals surface area contributed by atoms with Gasteiger partial charge in [-0.25, -0.2) is 0 Å². The Balaban J connectivity index is 1.63. The largest absolute Gasteiger partial charge is 0.324 e. The molecule has 2 amide bonds. The maximum absolute atomic E-state index is 12.5. The topological polar surface area (TPSA) is 58.2 Å². The van der Waals surface area contributed by atoms with Gasteiger partial charge >= 0.3 is 0 Å². The predicted octanol–water partition coefficient (Wildman–Crippen LogP) is 6.43. The minimum atomic E-state index is -0.377. The lowest BCUT2D eigenvalue weighted by molar-refractivity contribution is -0.115. The molecule has 1 atom stereocenters. The van der Waals surface area contributed by atoms with Gasteiger partial charge in [-0.05, 0) is 54.8 Å². The summed E-state index contributed by atoms with van der Waals surface area (Å²) in [5.74, 6) is -0.347. The summed E-state index contributed by atoms with van der Waals surface area (Å²) in [6.07, 6.45) is 0. The van der Waals surface area contributed by atoms with E-state index < -0.39 is 0 Å². The number of anilines is 2. The number of halogens is 2. The molecular weight excluding hydrogens is 435 g/mol. The number of hydrogen-bond donors (Lipinski definition) is 2. The molecule has 0 aliphatic carbocycles. The first-order valence-corrected chi connectivity index (χ1v) is 10.8. The van der Waals surface area contributed by atoms with Crippen molar-refractivity contribution in [1.82, 2.24) is 0 Å². The van der Waals surface area contributed by atoms with Crippen LogP contribution in [-0.4, -0.2) is 17.1 Å². The molecule has 0 aliphatic heterocycles. The second-order valence-electron chi connectivity index (χ2n) is 5.83. The van der Waals surface area contributed by atoms with Gasteiger partial charge in [0.05, 0.1) is 20.8 Å². The Bertz CT molecular complexity index is 994. The lowest BCUT2D eigenvalue weighted by Gasteiger charge is -2.14. The monoisotopic (exact) mass is 450 g/mol. The van der Waals surface area contributed by atoms with Crippen molar-refractivity contribution in [3.05, 3.63) is 74.9 Å². The van der Waals surface area contributed by atoms with E-state index in [0.717, 1.165) is 4.90 Å². The highest BCUT2D eigenvalue weighted by atomic mass is 35.5. The summed E-state index contributed by atoms with van der Waals surface area (Å²) >= 11 is 14.8. The van der Waals surface area contributed by atoms with Gasteiger partial charge in [0.25, 0.3) is 5.91 Å². The van der Waals surface area contributed by atoms with Crippen molar-refractivity contribution >= 4 is 69.5 Å². The van der Waals surface area contributed by atoms with Gasteiger partial charge in [-0.15, -0.1) is 23.1 Å². The summed E-state index contributed by atoms with van der Waals surface area (Å²) in [5, 5.41) is 8.06. The van der Waals surface area contributed by atoms with Crippen molar-refractivity contribution in [2.75, 3.05) is 10.6 Å². The molecular formula is C20H16Cl2N2O2S2. The number of carbonyl (C=O) groups is 2. The van der Waals surface area contributed by atoms with E-state index in [-0.39, 0.29) is 17.1 Å². The fourth-order valence-electron chi connectivity index (χ4n) is 2.33. The molecule has 0 spiro atoms. The Morgan fingerprint density at radius 3 is 2.61 bits per heavy atom. The van der Waals surface area contributed by atoms with E-state index in [9.17, 15) is 9.59 Å². The van der Waals surface area contributed by atoms with Crippen LogP contribution in [0.25, 0.3) is 0 Å². The number of benzene rings is 2. The van der Waals surface area contributed by atoms with Gasteiger partial charge in [-0.2, -0.15) is 0 Å². The standard InChI is InChI=1S/C20H16Cl2N2O2S2/c1-12(19(25)24-17-10-13(21)7-8-16(17)22)28-15-5-2-4-14(11-15)23-20(26)18-6-3-9-27-18/h2-12H,1H3,(H,23,26)(H,24,25). The molecule has 0 saturated heterocycles. The Morgan fingerprint density at radius 1 is 1.04 bits per heavy atom. The van der Waals surface area contributed by atoms with Crippen LogP contribution < -0.4 is 10.6 Å². The van der Waals surface area contributed by atoms with Crippen LogP contribution in [0.15, 0.2) is 64.9 Å². The smallest absolute Gasteiger partial charge is 0.265 e. The molecule has 0 fully saturated rings.